The number of hydrogen-bond donors (Lipinski definition) is 3. The third-order valence-electron chi connectivity index (χ3n) is 5.12. The van der Waals surface area contributed by atoms with Gasteiger partial charge in [-0.3, -0.25) is 9.78 Å². The van der Waals surface area contributed by atoms with E-state index in [-0.39, 0.29) is 37.9 Å². The van der Waals surface area contributed by atoms with Crippen LogP contribution in [0.3, 0.4) is 0 Å². The van der Waals surface area contributed by atoms with Crippen LogP contribution in [0, 0.1) is 5.92 Å². The second-order valence-corrected chi connectivity index (χ2v) is 7.11. The van der Waals surface area contributed by atoms with Gasteiger partial charge in [-0.2, -0.15) is 13.2 Å². The van der Waals surface area contributed by atoms with Crippen molar-refractivity contribution in [2.24, 2.45) is 5.92 Å². The Morgan fingerprint density at radius 3 is 2.63 bits per heavy atom. The standard InChI is InChI=1S/C21H23F3N4O2/c1-25-20(30)27-10-9-26-19(29)15-11-14-3-2-4-17(18(14)28-12-15)13-5-7-16(8-6-13)21(22,23)24/h2-5,11-12,16H,6-10H2,1H3,(H,26,29)(H2,25,27,30)/t16-/m1/s1. The van der Waals surface area contributed by atoms with Crippen LogP contribution in [0.4, 0.5) is 18.0 Å². The molecule has 6 nitrogen and oxygen atoms in total. The number of para-hydroxylation sites is 1. The maximum Gasteiger partial charge on any atom is 0.392 e. The van der Waals surface area contributed by atoms with Gasteiger partial charge in [0.05, 0.1) is 17.0 Å². The third-order valence-corrected chi connectivity index (χ3v) is 5.12. The van der Waals surface area contributed by atoms with Crippen molar-refractivity contribution in [3.8, 4) is 0 Å². The molecule has 1 heterocycles. The molecule has 0 unspecified atom stereocenters. The Bertz CT molecular complexity index is 972. The highest BCUT2D eigenvalue weighted by Crippen LogP contribution is 2.40. The fourth-order valence-corrected chi connectivity index (χ4v) is 3.46. The fourth-order valence-electron chi connectivity index (χ4n) is 3.46. The average molecular weight is 420 g/mol. The Hall–Kier alpha value is -3.10. The Kier molecular flexibility index (Phi) is 6.59. The number of aromatic nitrogens is 1. The predicted molar refractivity (Wildman–Crippen MR) is 108 cm³/mol. The summed E-state index contributed by atoms with van der Waals surface area (Å²) < 4.78 is 38.7. The van der Waals surface area contributed by atoms with Gasteiger partial charge in [0, 0.05) is 37.3 Å². The molecule has 1 aliphatic carbocycles. The molecule has 2 aromatic rings. The Labute approximate surface area is 171 Å². The van der Waals surface area contributed by atoms with Crippen molar-refractivity contribution >= 4 is 28.4 Å². The van der Waals surface area contributed by atoms with E-state index in [1.165, 1.54) is 13.2 Å². The highest BCUT2D eigenvalue weighted by Gasteiger charge is 2.39. The van der Waals surface area contributed by atoms with E-state index >= 15 is 0 Å². The van der Waals surface area contributed by atoms with E-state index < -0.39 is 12.1 Å². The van der Waals surface area contributed by atoms with Crippen LogP contribution in [0.15, 0.2) is 36.5 Å². The van der Waals surface area contributed by atoms with Gasteiger partial charge in [-0.15, -0.1) is 0 Å². The van der Waals surface area contributed by atoms with Crippen LogP contribution in [-0.2, 0) is 0 Å². The number of hydrogen-bond acceptors (Lipinski definition) is 3. The molecule has 3 rings (SSSR count). The highest BCUT2D eigenvalue weighted by atomic mass is 19.4. The lowest BCUT2D eigenvalue weighted by molar-refractivity contribution is -0.175. The number of allylic oxidation sites excluding steroid dienone is 2. The van der Waals surface area contributed by atoms with Crippen molar-refractivity contribution in [1.29, 1.82) is 0 Å². The van der Waals surface area contributed by atoms with Gasteiger partial charge in [0.1, 0.15) is 0 Å². The van der Waals surface area contributed by atoms with Crippen LogP contribution in [0.5, 0.6) is 0 Å². The molecule has 1 aliphatic rings. The quantitative estimate of drug-likeness (QED) is 0.646. The van der Waals surface area contributed by atoms with Crippen molar-refractivity contribution < 1.29 is 22.8 Å². The van der Waals surface area contributed by atoms with Crippen LogP contribution in [0.25, 0.3) is 16.5 Å². The zero-order valence-corrected chi connectivity index (χ0v) is 16.5. The summed E-state index contributed by atoms with van der Waals surface area (Å²) in [6, 6.07) is 6.85. The van der Waals surface area contributed by atoms with Gasteiger partial charge in [-0.05, 0) is 30.9 Å². The van der Waals surface area contributed by atoms with E-state index in [2.05, 4.69) is 20.9 Å². The van der Waals surface area contributed by atoms with Gasteiger partial charge >= 0.3 is 12.2 Å². The minimum atomic E-state index is -4.17. The highest BCUT2D eigenvalue weighted by molar-refractivity contribution is 5.99. The first-order chi connectivity index (χ1) is 14.3. The maximum absolute atomic E-state index is 12.9. The largest absolute Gasteiger partial charge is 0.392 e. The van der Waals surface area contributed by atoms with Crippen molar-refractivity contribution in [2.75, 3.05) is 20.1 Å². The zero-order chi connectivity index (χ0) is 21.7. The minimum absolute atomic E-state index is 0.0280. The molecule has 0 radical (unpaired) electrons. The lowest BCUT2D eigenvalue weighted by Crippen LogP contribution is -2.38. The molecule has 0 fully saturated rings. The van der Waals surface area contributed by atoms with Gasteiger partial charge in [0.15, 0.2) is 0 Å². The zero-order valence-electron chi connectivity index (χ0n) is 16.5. The Balaban J connectivity index is 1.72. The van der Waals surface area contributed by atoms with Gasteiger partial charge in [0.25, 0.3) is 5.91 Å². The Morgan fingerprint density at radius 1 is 1.20 bits per heavy atom. The Morgan fingerprint density at radius 2 is 1.97 bits per heavy atom. The van der Waals surface area contributed by atoms with Crippen LogP contribution >= 0.6 is 0 Å². The van der Waals surface area contributed by atoms with Crippen LogP contribution < -0.4 is 16.0 Å². The number of nitrogens with zero attached hydrogens (tertiary/aromatic N) is 1. The summed E-state index contributed by atoms with van der Waals surface area (Å²) in [6.07, 6.45) is -0.688. The number of benzene rings is 1. The monoisotopic (exact) mass is 420 g/mol. The van der Waals surface area contributed by atoms with E-state index in [1.807, 2.05) is 18.2 Å². The number of fused-ring (bicyclic) bond motifs is 1. The average Bonchev–Trinajstić information content (AvgIpc) is 2.75. The summed E-state index contributed by atoms with van der Waals surface area (Å²) in [5.41, 5.74) is 2.68. The summed E-state index contributed by atoms with van der Waals surface area (Å²) in [4.78, 5) is 27.8. The number of alkyl halides is 3. The molecule has 0 bridgehead atoms. The van der Waals surface area contributed by atoms with Crippen LogP contribution in [-0.4, -0.2) is 43.2 Å². The van der Waals surface area contributed by atoms with E-state index in [0.29, 0.717) is 17.5 Å². The summed E-state index contributed by atoms with van der Waals surface area (Å²) >= 11 is 0. The maximum atomic E-state index is 12.9. The molecule has 9 heteroatoms. The molecule has 1 aromatic carbocycles. The number of nitrogens with one attached hydrogen (secondary N) is 3. The van der Waals surface area contributed by atoms with E-state index in [9.17, 15) is 22.8 Å². The molecule has 1 aromatic heterocycles. The molecular weight excluding hydrogens is 397 g/mol. The van der Waals surface area contributed by atoms with E-state index in [0.717, 1.165) is 16.5 Å². The topological polar surface area (TPSA) is 83.1 Å². The molecule has 0 saturated heterocycles. The van der Waals surface area contributed by atoms with Crippen LogP contribution in [0.1, 0.15) is 35.2 Å². The number of pyridine rings is 1. The summed E-state index contributed by atoms with van der Waals surface area (Å²) in [5, 5.41) is 8.42. The van der Waals surface area contributed by atoms with Gasteiger partial charge in [0.2, 0.25) is 0 Å². The third kappa shape index (κ3) is 5.08. The van der Waals surface area contributed by atoms with Gasteiger partial charge in [-0.1, -0.05) is 24.3 Å². The number of urea groups is 1. The fraction of sp³-hybridized carbons (Fsp3) is 0.381. The molecule has 3 N–H and O–H groups in total. The molecule has 160 valence electrons. The number of amides is 3. The van der Waals surface area contributed by atoms with Crippen molar-refractivity contribution in [1.82, 2.24) is 20.9 Å². The lowest BCUT2D eigenvalue weighted by atomic mass is 9.85. The molecule has 1 atom stereocenters. The predicted octanol–water partition coefficient (Wildman–Crippen LogP) is 3.64. The second kappa shape index (κ2) is 9.15. The SMILES string of the molecule is CNC(=O)NCCNC(=O)c1cnc2c(C3=CC[C@@H](C(F)(F)F)CC3)cccc2c1. The number of rotatable bonds is 5. The second-order valence-electron chi connectivity index (χ2n) is 7.11. The lowest BCUT2D eigenvalue weighted by Gasteiger charge is -2.24. The van der Waals surface area contributed by atoms with Crippen LogP contribution in [0.2, 0.25) is 0 Å². The van der Waals surface area contributed by atoms with Crippen molar-refractivity contribution in [3.63, 3.8) is 0 Å². The molecule has 0 aliphatic heterocycles. The number of halogens is 3. The van der Waals surface area contributed by atoms with Crippen molar-refractivity contribution in [3.05, 3.63) is 47.7 Å². The van der Waals surface area contributed by atoms with Crippen molar-refractivity contribution in [2.45, 2.75) is 25.4 Å². The first-order valence-electron chi connectivity index (χ1n) is 9.68. The summed E-state index contributed by atoms with van der Waals surface area (Å²) in [5.74, 6) is -1.62. The molecule has 0 saturated carbocycles. The minimum Gasteiger partial charge on any atom is -0.350 e. The molecule has 30 heavy (non-hydrogen) atoms. The molecule has 0 spiro atoms. The first kappa shape index (κ1) is 21.6. The smallest absolute Gasteiger partial charge is 0.350 e. The molecule has 3 amide bonds. The summed E-state index contributed by atoms with van der Waals surface area (Å²) in [7, 11) is 1.50. The molecular formula is C21H23F3N4O2. The number of carbonyl (C=O) groups excluding carboxylic acids is 2. The number of carbonyl (C=O) groups is 2. The van der Waals surface area contributed by atoms with Gasteiger partial charge < -0.3 is 16.0 Å². The van der Waals surface area contributed by atoms with Gasteiger partial charge in [-0.25, -0.2) is 4.79 Å². The van der Waals surface area contributed by atoms with E-state index in [4.69, 9.17) is 0 Å². The van der Waals surface area contributed by atoms with E-state index in [1.54, 1.807) is 12.1 Å². The normalized spacial score (nSPS) is 16.7. The first-order valence-corrected chi connectivity index (χ1v) is 9.68. The summed E-state index contributed by atoms with van der Waals surface area (Å²) in [6.45, 7) is 0.543.